The number of hydrogen-bond acceptors (Lipinski definition) is 2. The fourth-order valence-corrected chi connectivity index (χ4v) is 2.39. The SMILES string of the molecule is CC1CCN(Cc2ccccc2)CCN1C(=O)O. The monoisotopic (exact) mass is 248 g/mol. The van der Waals surface area contributed by atoms with Gasteiger partial charge in [-0.1, -0.05) is 30.3 Å². The molecule has 1 amide bonds. The Balaban J connectivity index is 1.95. The maximum Gasteiger partial charge on any atom is 0.407 e. The molecule has 1 fully saturated rings. The first-order valence-corrected chi connectivity index (χ1v) is 6.42. The summed E-state index contributed by atoms with van der Waals surface area (Å²) in [6.07, 6.45) is 0.100. The highest BCUT2D eigenvalue weighted by Gasteiger charge is 2.24. The smallest absolute Gasteiger partial charge is 0.407 e. The molecule has 1 N–H and O–H groups in total. The average Bonchev–Trinajstić information content (AvgIpc) is 2.53. The standard InChI is InChI=1S/C14H20N2O2/c1-12-7-8-15(9-10-16(12)14(17)18)11-13-5-3-2-4-6-13/h2-6,12H,7-11H2,1H3,(H,17,18). The van der Waals surface area contributed by atoms with Gasteiger partial charge in [0.1, 0.15) is 0 Å². The fourth-order valence-electron chi connectivity index (χ4n) is 2.39. The maximum absolute atomic E-state index is 11.1. The lowest BCUT2D eigenvalue weighted by Gasteiger charge is -2.23. The molecule has 98 valence electrons. The molecule has 0 radical (unpaired) electrons. The second kappa shape index (κ2) is 5.87. The molecule has 1 aliphatic rings. The third-order valence-corrected chi connectivity index (χ3v) is 3.55. The van der Waals surface area contributed by atoms with Gasteiger partial charge in [-0.2, -0.15) is 0 Å². The molecule has 0 aromatic heterocycles. The van der Waals surface area contributed by atoms with Gasteiger partial charge in [-0.3, -0.25) is 4.90 Å². The molecule has 18 heavy (non-hydrogen) atoms. The highest BCUT2D eigenvalue weighted by Crippen LogP contribution is 2.13. The summed E-state index contributed by atoms with van der Waals surface area (Å²) in [5.41, 5.74) is 1.29. The van der Waals surface area contributed by atoms with E-state index in [4.69, 9.17) is 5.11 Å². The van der Waals surface area contributed by atoms with Gasteiger partial charge in [-0.05, 0) is 18.9 Å². The summed E-state index contributed by atoms with van der Waals surface area (Å²) in [6, 6.07) is 10.4. The zero-order valence-corrected chi connectivity index (χ0v) is 10.7. The van der Waals surface area contributed by atoms with Gasteiger partial charge in [0.25, 0.3) is 0 Å². The normalized spacial score (nSPS) is 21.6. The van der Waals surface area contributed by atoms with Crippen LogP contribution >= 0.6 is 0 Å². The van der Waals surface area contributed by atoms with E-state index in [1.807, 2.05) is 25.1 Å². The summed E-state index contributed by atoms with van der Waals surface area (Å²) >= 11 is 0. The van der Waals surface area contributed by atoms with E-state index < -0.39 is 6.09 Å². The lowest BCUT2D eigenvalue weighted by Crippen LogP contribution is -2.38. The lowest BCUT2D eigenvalue weighted by molar-refractivity contribution is 0.130. The van der Waals surface area contributed by atoms with E-state index >= 15 is 0 Å². The van der Waals surface area contributed by atoms with Gasteiger partial charge in [0, 0.05) is 32.2 Å². The number of nitrogens with zero attached hydrogens (tertiary/aromatic N) is 2. The van der Waals surface area contributed by atoms with Crippen LogP contribution in [0.25, 0.3) is 0 Å². The first-order chi connectivity index (χ1) is 8.66. The zero-order chi connectivity index (χ0) is 13.0. The third kappa shape index (κ3) is 3.23. The Hall–Kier alpha value is -1.55. The minimum atomic E-state index is -0.802. The van der Waals surface area contributed by atoms with Crippen LogP contribution in [0.3, 0.4) is 0 Å². The van der Waals surface area contributed by atoms with Crippen LogP contribution in [0.4, 0.5) is 4.79 Å². The highest BCUT2D eigenvalue weighted by molar-refractivity contribution is 5.65. The number of hydrogen-bond donors (Lipinski definition) is 1. The Bertz CT molecular complexity index is 394. The predicted octanol–water partition coefficient (Wildman–Crippen LogP) is 2.26. The number of amides is 1. The van der Waals surface area contributed by atoms with Crippen LogP contribution in [0.1, 0.15) is 18.9 Å². The molecule has 1 aromatic rings. The van der Waals surface area contributed by atoms with Crippen molar-refractivity contribution in [3.63, 3.8) is 0 Å². The molecule has 4 nitrogen and oxygen atoms in total. The molecule has 1 aromatic carbocycles. The van der Waals surface area contributed by atoms with Crippen molar-refractivity contribution in [3.8, 4) is 0 Å². The maximum atomic E-state index is 11.1. The summed E-state index contributed by atoms with van der Waals surface area (Å²) < 4.78 is 0. The Morgan fingerprint density at radius 3 is 2.67 bits per heavy atom. The second-order valence-corrected chi connectivity index (χ2v) is 4.88. The molecule has 0 bridgehead atoms. The van der Waals surface area contributed by atoms with Crippen LogP contribution in [0.2, 0.25) is 0 Å². The molecule has 1 saturated heterocycles. The topological polar surface area (TPSA) is 43.8 Å². The van der Waals surface area contributed by atoms with Crippen LogP contribution in [0, 0.1) is 0 Å². The van der Waals surface area contributed by atoms with Gasteiger partial charge in [0.15, 0.2) is 0 Å². The molecule has 4 heteroatoms. The summed E-state index contributed by atoms with van der Waals surface area (Å²) in [5.74, 6) is 0. The van der Waals surface area contributed by atoms with Crippen LogP contribution in [-0.2, 0) is 6.54 Å². The van der Waals surface area contributed by atoms with Gasteiger partial charge >= 0.3 is 6.09 Å². The first-order valence-electron chi connectivity index (χ1n) is 6.42. The van der Waals surface area contributed by atoms with Crippen molar-refractivity contribution in [2.75, 3.05) is 19.6 Å². The van der Waals surface area contributed by atoms with Crippen molar-refractivity contribution in [2.24, 2.45) is 0 Å². The summed E-state index contributed by atoms with van der Waals surface area (Å²) in [7, 11) is 0. The van der Waals surface area contributed by atoms with E-state index in [9.17, 15) is 4.79 Å². The van der Waals surface area contributed by atoms with E-state index in [1.54, 1.807) is 4.90 Å². The summed E-state index contributed by atoms with van der Waals surface area (Å²) in [5, 5.41) is 9.12. The molecular formula is C14H20N2O2. The van der Waals surface area contributed by atoms with E-state index in [2.05, 4.69) is 17.0 Å². The van der Waals surface area contributed by atoms with Gasteiger partial charge in [0.2, 0.25) is 0 Å². The lowest BCUT2D eigenvalue weighted by atomic mass is 10.2. The van der Waals surface area contributed by atoms with Gasteiger partial charge in [0.05, 0.1) is 0 Å². The Kier molecular flexibility index (Phi) is 4.20. The van der Waals surface area contributed by atoms with Crippen LogP contribution in [0.5, 0.6) is 0 Å². The number of rotatable bonds is 2. The van der Waals surface area contributed by atoms with Crippen molar-refractivity contribution < 1.29 is 9.90 Å². The molecule has 0 spiro atoms. The van der Waals surface area contributed by atoms with Crippen molar-refractivity contribution in [1.82, 2.24) is 9.80 Å². The number of carbonyl (C=O) groups is 1. The summed E-state index contributed by atoms with van der Waals surface area (Å²) in [6.45, 7) is 5.26. The van der Waals surface area contributed by atoms with Crippen molar-refractivity contribution in [2.45, 2.75) is 25.9 Å². The Morgan fingerprint density at radius 2 is 2.00 bits per heavy atom. The summed E-state index contributed by atoms with van der Waals surface area (Å²) in [4.78, 5) is 15.0. The minimum absolute atomic E-state index is 0.114. The molecule has 1 aliphatic heterocycles. The number of benzene rings is 1. The Morgan fingerprint density at radius 1 is 1.28 bits per heavy atom. The largest absolute Gasteiger partial charge is 0.465 e. The van der Waals surface area contributed by atoms with Gasteiger partial charge in [-0.15, -0.1) is 0 Å². The molecule has 2 rings (SSSR count). The van der Waals surface area contributed by atoms with Crippen LogP contribution < -0.4 is 0 Å². The molecule has 1 heterocycles. The highest BCUT2D eigenvalue weighted by atomic mass is 16.4. The third-order valence-electron chi connectivity index (χ3n) is 3.55. The van der Waals surface area contributed by atoms with E-state index in [1.165, 1.54) is 5.56 Å². The first kappa shape index (κ1) is 12.9. The van der Waals surface area contributed by atoms with Gasteiger partial charge < -0.3 is 10.0 Å². The van der Waals surface area contributed by atoms with E-state index in [-0.39, 0.29) is 6.04 Å². The molecule has 1 atom stereocenters. The minimum Gasteiger partial charge on any atom is -0.465 e. The zero-order valence-electron chi connectivity index (χ0n) is 10.7. The quantitative estimate of drug-likeness (QED) is 0.873. The molecule has 0 aliphatic carbocycles. The number of carboxylic acid groups (broad SMARTS) is 1. The second-order valence-electron chi connectivity index (χ2n) is 4.88. The van der Waals surface area contributed by atoms with Crippen molar-refractivity contribution in [3.05, 3.63) is 35.9 Å². The van der Waals surface area contributed by atoms with Crippen LogP contribution in [0.15, 0.2) is 30.3 Å². The molecule has 1 unspecified atom stereocenters. The fraction of sp³-hybridized carbons (Fsp3) is 0.500. The van der Waals surface area contributed by atoms with Crippen molar-refractivity contribution in [1.29, 1.82) is 0 Å². The molecule has 0 saturated carbocycles. The Labute approximate surface area is 108 Å². The van der Waals surface area contributed by atoms with E-state index in [0.717, 1.165) is 26.1 Å². The van der Waals surface area contributed by atoms with Crippen molar-refractivity contribution >= 4 is 6.09 Å². The van der Waals surface area contributed by atoms with Crippen LogP contribution in [-0.4, -0.2) is 46.7 Å². The average molecular weight is 248 g/mol. The predicted molar refractivity (Wildman–Crippen MR) is 70.5 cm³/mol. The van der Waals surface area contributed by atoms with Gasteiger partial charge in [-0.25, -0.2) is 4.79 Å². The molecular weight excluding hydrogens is 228 g/mol. The van der Waals surface area contributed by atoms with E-state index in [0.29, 0.717) is 6.54 Å².